The fourth-order valence-electron chi connectivity index (χ4n) is 3.88. The summed E-state index contributed by atoms with van der Waals surface area (Å²) in [5, 5.41) is 9.99. The Labute approximate surface area is 186 Å². The summed E-state index contributed by atoms with van der Waals surface area (Å²) >= 11 is 0. The van der Waals surface area contributed by atoms with Crippen LogP contribution in [0.15, 0.2) is 77.8 Å². The Balaban J connectivity index is 1.53. The van der Waals surface area contributed by atoms with Gasteiger partial charge in [0.05, 0.1) is 22.8 Å². The van der Waals surface area contributed by atoms with Crippen LogP contribution in [0.2, 0.25) is 0 Å². The van der Waals surface area contributed by atoms with Crippen molar-refractivity contribution in [3.05, 3.63) is 84.2 Å². The fourth-order valence-corrected chi connectivity index (χ4v) is 3.88. The van der Waals surface area contributed by atoms with Gasteiger partial charge >= 0.3 is 0 Å². The van der Waals surface area contributed by atoms with Crippen LogP contribution in [0.5, 0.6) is 5.75 Å². The maximum absolute atomic E-state index is 12.8. The Morgan fingerprint density at radius 3 is 2.72 bits per heavy atom. The second-order valence-electron chi connectivity index (χ2n) is 7.85. The average Bonchev–Trinajstić information content (AvgIpc) is 3.25. The van der Waals surface area contributed by atoms with Crippen molar-refractivity contribution in [3.63, 3.8) is 0 Å². The molecule has 4 N–H and O–H groups in total. The third-order valence-electron chi connectivity index (χ3n) is 5.57. The molecule has 2 aromatic carbocycles. The summed E-state index contributed by atoms with van der Waals surface area (Å²) in [6, 6.07) is 14.3. The zero-order valence-corrected chi connectivity index (χ0v) is 17.7. The molecule has 4 rings (SSSR count). The van der Waals surface area contributed by atoms with Crippen LogP contribution in [-0.4, -0.2) is 33.2 Å². The van der Waals surface area contributed by atoms with Crippen molar-refractivity contribution in [1.29, 1.82) is 0 Å². The van der Waals surface area contributed by atoms with Crippen LogP contribution in [-0.2, 0) is 0 Å². The number of carbonyl (C=O) groups is 1. The number of nitrogens with two attached hydrogens (primary N) is 1. The van der Waals surface area contributed by atoms with E-state index in [-0.39, 0.29) is 29.5 Å². The summed E-state index contributed by atoms with van der Waals surface area (Å²) in [6.45, 7) is 3.64. The van der Waals surface area contributed by atoms with Gasteiger partial charge in [0, 0.05) is 17.7 Å². The predicted molar refractivity (Wildman–Crippen MR) is 124 cm³/mol. The van der Waals surface area contributed by atoms with E-state index >= 15 is 0 Å². The minimum atomic E-state index is -0.361. The third kappa shape index (κ3) is 4.78. The molecule has 0 radical (unpaired) electrons. The first-order valence-corrected chi connectivity index (χ1v) is 10.7. The first-order valence-electron chi connectivity index (χ1n) is 10.7. The number of carbonyl (C=O) groups excluding carboxylic acids is 1. The molecular weight excluding hydrogens is 404 g/mol. The zero-order chi connectivity index (χ0) is 22.5. The number of nitrogens with one attached hydrogen (secondary N) is 1. The van der Waals surface area contributed by atoms with Gasteiger partial charge in [-0.25, -0.2) is 9.98 Å². The Bertz CT molecular complexity index is 1140. The lowest BCUT2D eigenvalue weighted by molar-refractivity contribution is 0.103. The summed E-state index contributed by atoms with van der Waals surface area (Å²) in [5.41, 5.74) is 8.91. The lowest BCUT2D eigenvalue weighted by Crippen LogP contribution is -2.25. The number of ether oxygens (including phenoxy) is 1. The normalized spacial score (nSPS) is 19.7. The number of para-hydroxylation sites is 2. The summed E-state index contributed by atoms with van der Waals surface area (Å²) in [4.78, 5) is 24.5. The molecule has 0 saturated heterocycles. The van der Waals surface area contributed by atoms with Gasteiger partial charge in [-0.15, -0.1) is 0 Å². The molecule has 164 valence electrons. The monoisotopic (exact) mass is 430 g/mol. The van der Waals surface area contributed by atoms with Crippen molar-refractivity contribution in [2.45, 2.75) is 31.8 Å². The summed E-state index contributed by atoms with van der Waals surface area (Å²) in [6.07, 6.45) is 5.86. The van der Waals surface area contributed by atoms with E-state index in [0.29, 0.717) is 23.4 Å². The molecule has 7 nitrogen and oxygen atoms in total. The Morgan fingerprint density at radius 2 is 2.00 bits per heavy atom. The van der Waals surface area contributed by atoms with E-state index in [1.54, 1.807) is 30.3 Å². The number of ketones is 1. The number of fused-ring (bicyclic) bond motifs is 1. The van der Waals surface area contributed by atoms with Gasteiger partial charge in [0.25, 0.3) is 0 Å². The molecule has 0 spiro atoms. The largest absolute Gasteiger partial charge is 0.437 e. The molecule has 1 aliphatic rings. The van der Waals surface area contributed by atoms with Crippen molar-refractivity contribution in [3.8, 4) is 5.75 Å². The van der Waals surface area contributed by atoms with Gasteiger partial charge in [0.15, 0.2) is 5.82 Å². The number of hydrogen-bond acceptors (Lipinski definition) is 6. The van der Waals surface area contributed by atoms with Gasteiger partial charge < -0.3 is 20.6 Å². The Morgan fingerprint density at radius 1 is 1.22 bits per heavy atom. The zero-order valence-electron chi connectivity index (χ0n) is 17.7. The Kier molecular flexibility index (Phi) is 6.47. The van der Waals surface area contributed by atoms with Crippen LogP contribution in [0.4, 0.5) is 0 Å². The van der Waals surface area contributed by atoms with E-state index in [1.165, 1.54) is 6.21 Å². The van der Waals surface area contributed by atoms with Crippen molar-refractivity contribution < 1.29 is 14.6 Å². The van der Waals surface area contributed by atoms with Crippen LogP contribution >= 0.6 is 0 Å². The number of benzene rings is 2. The van der Waals surface area contributed by atoms with E-state index in [1.807, 2.05) is 24.3 Å². The third-order valence-corrected chi connectivity index (χ3v) is 5.57. The lowest BCUT2D eigenvalue weighted by atomic mass is 9.85. The average molecular weight is 431 g/mol. The number of aliphatic hydroxyl groups excluding tert-OH is 1. The van der Waals surface area contributed by atoms with E-state index in [0.717, 1.165) is 30.3 Å². The number of hydrogen-bond donors (Lipinski definition) is 3. The molecule has 0 unspecified atom stereocenters. The molecule has 1 saturated carbocycles. The highest BCUT2D eigenvalue weighted by Crippen LogP contribution is 2.30. The van der Waals surface area contributed by atoms with E-state index in [2.05, 4.69) is 21.5 Å². The molecule has 0 aliphatic heterocycles. The maximum Gasteiger partial charge on any atom is 0.238 e. The smallest absolute Gasteiger partial charge is 0.238 e. The molecule has 0 bridgehead atoms. The number of rotatable bonds is 7. The summed E-state index contributed by atoms with van der Waals surface area (Å²) in [7, 11) is 0. The second-order valence-corrected chi connectivity index (χ2v) is 7.85. The van der Waals surface area contributed by atoms with E-state index < -0.39 is 0 Å². The predicted octanol–water partition coefficient (Wildman–Crippen LogP) is 4.11. The number of aliphatic imine (C=N–C) groups is 1. The van der Waals surface area contributed by atoms with Gasteiger partial charge in [0.2, 0.25) is 11.7 Å². The molecule has 1 aliphatic carbocycles. The summed E-state index contributed by atoms with van der Waals surface area (Å²) < 4.78 is 5.95. The molecular formula is C25H26N4O3. The number of aromatic amines is 1. The van der Waals surface area contributed by atoms with Gasteiger partial charge in [-0.3, -0.25) is 4.79 Å². The molecule has 1 heterocycles. The molecule has 7 heteroatoms. The van der Waals surface area contributed by atoms with Crippen LogP contribution in [0.25, 0.3) is 11.0 Å². The lowest BCUT2D eigenvalue weighted by Gasteiger charge is -2.26. The van der Waals surface area contributed by atoms with Crippen LogP contribution in [0.3, 0.4) is 0 Å². The minimum absolute atomic E-state index is 0.00431. The van der Waals surface area contributed by atoms with Gasteiger partial charge in [-0.2, -0.15) is 0 Å². The van der Waals surface area contributed by atoms with Crippen molar-refractivity contribution in [2.75, 3.05) is 0 Å². The molecule has 32 heavy (non-hydrogen) atoms. The minimum Gasteiger partial charge on any atom is -0.437 e. The number of nitrogens with zero attached hydrogens (tertiary/aromatic N) is 2. The molecule has 1 aromatic heterocycles. The SMILES string of the molecule is C=CC=N/C(Oc1ccc(C(=O)c2nc3ccccc3[nH]2)cc1)=C(\N)[C@@H]1CCC[C@@H](O)C1. The van der Waals surface area contributed by atoms with Crippen molar-refractivity contribution in [1.82, 2.24) is 9.97 Å². The molecule has 0 amide bonds. The Hall–Kier alpha value is -3.71. The van der Waals surface area contributed by atoms with Crippen LogP contribution < -0.4 is 10.5 Å². The van der Waals surface area contributed by atoms with Crippen LogP contribution in [0.1, 0.15) is 41.9 Å². The number of imidazole rings is 1. The first kappa shape index (κ1) is 21.5. The van der Waals surface area contributed by atoms with Crippen molar-refractivity contribution in [2.24, 2.45) is 16.6 Å². The fraction of sp³-hybridized carbons (Fsp3) is 0.240. The number of H-pyrrole nitrogens is 1. The van der Waals surface area contributed by atoms with Crippen molar-refractivity contribution >= 4 is 23.0 Å². The van der Waals surface area contributed by atoms with Crippen LogP contribution in [0, 0.1) is 5.92 Å². The maximum atomic E-state index is 12.8. The number of allylic oxidation sites excluding steroid dienone is 2. The van der Waals surface area contributed by atoms with E-state index in [4.69, 9.17) is 10.5 Å². The quantitative estimate of drug-likeness (QED) is 0.297. The highest BCUT2D eigenvalue weighted by molar-refractivity contribution is 6.08. The highest BCUT2D eigenvalue weighted by Gasteiger charge is 2.25. The van der Waals surface area contributed by atoms with Gasteiger partial charge in [-0.05, 0) is 55.7 Å². The molecule has 3 aromatic rings. The topological polar surface area (TPSA) is 114 Å². The molecule has 1 fully saturated rings. The van der Waals surface area contributed by atoms with E-state index in [9.17, 15) is 9.90 Å². The number of aromatic nitrogens is 2. The summed E-state index contributed by atoms with van der Waals surface area (Å²) in [5.74, 6) is 0.867. The van der Waals surface area contributed by atoms with Gasteiger partial charge in [0.1, 0.15) is 5.75 Å². The molecule has 2 atom stereocenters. The first-order chi connectivity index (χ1) is 15.5. The standard InChI is InChI=1S/C25H26N4O3/c1-2-14-27-25(22(26)17-6-5-7-18(30)15-17)32-19-12-10-16(11-13-19)23(31)24-28-20-8-3-4-9-21(20)29-24/h2-4,8-14,17-18,30H,1,5-7,15,26H2,(H,28,29)/b25-22+,27-14?/t17-,18-/m1/s1. The highest BCUT2D eigenvalue weighted by atomic mass is 16.5. The van der Waals surface area contributed by atoms with Gasteiger partial charge in [-0.1, -0.05) is 31.2 Å². The number of aliphatic hydroxyl groups is 1. The second kappa shape index (κ2) is 9.62.